The molecule has 0 aromatic rings. The average Bonchev–Trinajstić information content (AvgIpc) is 2.66. The zero-order valence-corrected chi connectivity index (χ0v) is 10.7. The minimum Gasteiger partial charge on any atom is -0.375 e. The third-order valence-corrected chi connectivity index (χ3v) is 4.29. The molecule has 0 aromatic heterocycles. The molecule has 3 atom stereocenters. The highest BCUT2D eigenvalue weighted by atomic mass is 16.5. The van der Waals surface area contributed by atoms with Crippen LogP contribution in [0.5, 0.6) is 0 Å². The number of rotatable bonds is 3. The van der Waals surface area contributed by atoms with Crippen molar-refractivity contribution in [2.24, 2.45) is 0 Å². The number of ether oxygens (including phenoxy) is 2. The molecule has 0 amide bonds. The normalized spacial score (nSPS) is 42.9. The third kappa shape index (κ3) is 2.99. The molecule has 2 bridgehead atoms. The molecule has 4 heteroatoms. The van der Waals surface area contributed by atoms with Crippen molar-refractivity contribution in [2.45, 2.75) is 50.0 Å². The summed E-state index contributed by atoms with van der Waals surface area (Å²) in [4.78, 5) is 2.32. The molecule has 17 heavy (non-hydrogen) atoms. The summed E-state index contributed by atoms with van der Waals surface area (Å²) in [6, 6.07) is 1.43. The van der Waals surface area contributed by atoms with Crippen LogP contribution in [0.25, 0.3) is 0 Å². The van der Waals surface area contributed by atoms with E-state index in [-0.39, 0.29) is 6.10 Å². The first-order valence-electron chi connectivity index (χ1n) is 6.97. The smallest absolute Gasteiger partial charge is 0.0935 e. The van der Waals surface area contributed by atoms with Crippen molar-refractivity contribution in [3.05, 3.63) is 0 Å². The van der Waals surface area contributed by atoms with Crippen LogP contribution < -0.4 is 5.32 Å². The van der Waals surface area contributed by atoms with Crippen molar-refractivity contribution in [1.82, 2.24) is 10.2 Å². The molecule has 3 rings (SSSR count). The SMILES string of the molecule is CN1CCOC(COC2CC3CCC(C2)N3)C1. The summed E-state index contributed by atoms with van der Waals surface area (Å²) in [5.41, 5.74) is 0. The zero-order valence-electron chi connectivity index (χ0n) is 10.7. The highest BCUT2D eigenvalue weighted by molar-refractivity contribution is 4.92. The Morgan fingerprint density at radius 3 is 2.76 bits per heavy atom. The fourth-order valence-corrected chi connectivity index (χ4v) is 3.35. The summed E-state index contributed by atoms with van der Waals surface area (Å²) in [7, 11) is 2.15. The molecule has 4 nitrogen and oxygen atoms in total. The Labute approximate surface area is 104 Å². The van der Waals surface area contributed by atoms with Crippen LogP contribution in [0.2, 0.25) is 0 Å². The molecule has 0 spiro atoms. The number of nitrogens with zero attached hydrogens (tertiary/aromatic N) is 1. The second kappa shape index (κ2) is 5.22. The van der Waals surface area contributed by atoms with Crippen LogP contribution >= 0.6 is 0 Å². The van der Waals surface area contributed by atoms with E-state index in [9.17, 15) is 0 Å². The van der Waals surface area contributed by atoms with Gasteiger partial charge in [0.05, 0.1) is 25.4 Å². The van der Waals surface area contributed by atoms with Crippen molar-refractivity contribution in [1.29, 1.82) is 0 Å². The quantitative estimate of drug-likeness (QED) is 0.784. The molecule has 3 unspecified atom stereocenters. The number of piperidine rings is 1. The van der Waals surface area contributed by atoms with Crippen molar-refractivity contribution in [2.75, 3.05) is 33.4 Å². The predicted octanol–water partition coefficient (Wildman–Crippen LogP) is 0.617. The first kappa shape index (κ1) is 11.9. The molecular weight excluding hydrogens is 216 g/mol. The Hall–Kier alpha value is -0.160. The minimum absolute atomic E-state index is 0.279. The van der Waals surface area contributed by atoms with Crippen molar-refractivity contribution >= 4 is 0 Å². The van der Waals surface area contributed by atoms with E-state index in [0.29, 0.717) is 18.2 Å². The van der Waals surface area contributed by atoms with Crippen LogP contribution in [0.4, 0.5) is 0 Å². The van der Waals surface area contributed by atoms with E-state index in [2.05, 4.69) is 17.3 Å². The number of likely N-dealkylation sites (N-methyl/N-ethyl adjacent to an activating group) is 1. The lowest BCUT2D eigenvalue weighted by Crippen LogP contribution is -2.45. The van der Waals surface area contributed by atoms with Crippen LogP contribution in [0.15, 0.2) is 0 Å². The van der Waals surface area contributed by atoms with E-state index in [1.807, 2.05) is 0 Å². The van der Waals surface area contributed by atoms with E-state index < -0.39 is 0 Å². The molecule has 0 saturated carbocycles. The average molecular weight is 240 g/mol. The second-order valence-electron chi connectivity index (χ2n) is 5.82. The van der Waals surface area contributed by atoms with Crippen LogP contribution in [0.1, 0.15) is 25.7 Å². The summed E-state index contributed by atoms with van der Waals surface area (Å²) in [5.74, 6) is 0. The monoisotopic (exact) mass is 240 g/mol. The van der Waals surface area contributed by atoms with Gasteiger partial charge in [-0.2, -0.15) is 0 Å². The Morgan fingerprint density at radius 2 is 2.06 bits per heavy atom. The van der Waals surface area contributed by atoms with Gasteiger partial charge in [-0.05, 0) is 32.7 Å². The maximum absolute atomic E-state index is 6.06. The minimum atomic E-state index is 0.279. The van der Waals surface area contributed by atoms with Gasteiger partial charge < -0.3 is 19.7 Å². The highest BCUT2D eigenvalue weighted by Crippen LogP contribution is 2.28. The fourth-order valence-electron chi connectivity index (χ4n) is 3.35. The lowest BCUT2D eigenvalue weighted by molar-refractivity contribution is -0.0873. The number of morpholine rings is 1. The van der Waals surface area contributed by atoms with Crippen molar-refractivity contribution < 1.29 is 9.47 Å². The summed E-state index contributed by atoms with van der Waals surface area (Å²) in [5, 5.41) is 3.65. The first-order chi connectivity index (χ1) is 8.29. The molecule has 98 valence electrons. The molecular formula is C13H24N2O2. The molecule has 0 aliphatic carbocycles. The Balaban J connectivity index is 1.42. The maximum atomic E-state index is 6.06. The van der Waals surface area contributed by atoms with Gasteiger partial charge in [0.2, 0.25) is 0 Å². The van der Waals surface area contributed by atoms with Gasteiger partial charge >= 0.3 is 0 Å². The molecule has 1 N–H and O–H groups in total. The molecule has 3 aliphatic heterocycles. The first-order valence-corrected chi connectivity index (χ1v) is 6.97. The van der Waals surface area contributed by atoms with Crippen molar-refractivity contribution in [3.8, 4) is 0 Å². The summed E-state index contributed by atoms with van der Waals surface area (Å²) >= 11 is 0. The van der Waals surface area contributed by atoms with E-state index in [1.54, 1.807) is 0 Å². The third-order valence-electron chi connectivity index (χ3n) is 4.29. The van der Waals surface area contributed by atoms with Crippen LogP contribution in [0.3, 0.4) is 0 Å². The molecule has 3 saturated heterocycles. The topological polar surface area (TPSA) is 33.7 Å². The van der Waals surface area contributed by atoms with Gasteiger partial charge in [0.15, 0.2) is 0 Å². The van der Waals surface area contributed by atoms with Crippen LogP contribution in [-0.4, -0.2) is 62.5 Å². The maximum Gasteiger partial charge on any atom is 0.0935 e. The molecule has 3 heterocycles. The molecule has 3 aliphatic rings. The predicted molar refractivity (Wildman–Crippen MR) is 66.2 cm³/mol. The Kier molecular flexibility index (Phi) is 3.66. The molecule has 0 aromatic carbocycles. The number of fused-ring (bicyclic) bond motifs is 2. The number of hydrogen-bond donors (Lipinski definition) is 1. The summed E-state index contributed by atoms with van der Waals surface area (Å²) < 4.78 is 11.8. The zero-order chi connectivity index (χ0) is 11.7. The van der Waals surface area contributed by atoms with Gasteiger partial charge in [0.25, 0.3) is 0 Å². The van der Waals surface area contributed by atoms with Gasteiger partial charge in [-0.15, -0.1) is 0 Å². The van der Waals surface area contributed by atoms with Crippen LogP contribution in [-0.2, 0) is 9.47 Å². The van der Waals surface area contributed by atoms with E-state index in [0.717, 1.165) is 26.3 Å². The fraction of sp³-hybridized carbons (Fsp3) is 1.00. The lowest BCUT2D eigenvalue weighted by Gasteiger charge is -2.33. The largest absolute Gasteiger partial charge is 0.375 e. The van der Waals surface area contributed by atoms with Gasteiger partial charge in [0, 0.05) is 25.2 Å². The lowest BCUT2D eigenvalue weighted by atomic mass is 10.0. The van der Waals surface area contributed by atoms with Gasteiger partial charge in [-0.3, -0.25) is 0 Å². The summed E-state index contributed by atoms with van der Waals surface area (Å²) in [6.07, 6.45) is 5.81. The number of nitrogens with one attached hydrogen (secondary N) is 1. The van der Waals surface area contributed by atoms with E-state index in [4.69, 9.17) is 9.47 Å². The second-order valence-corrected chi connectivity index (χ2v) is 5.82. The van der Waals surface area contributed by atoms with Crippen molar-refractivity contribution in [3.63, 3.8) is 0 Å². The highest BCUT2D eigenvalue weighted by Gasteiger charge is 2.34. The Bertz CT molecular complexity index is 250. The van der Waals surface area contributed by atoms with E-state index in [1.165, 1.54) is 25.7 Å². The van der Waals surface area contributed by atoms with Crippen LogP contribution in [0, 0.1) is 0 Å². The van der Waals surface area contributed by atoms with Gasteiger partial charge in [-0.25, -0.2) is 0 Å². The van der Waals surface area contributed by atoms with Gasteiger partial charge in [-0.1, -0.05) is 0 Å². The van der Waals surface area contributed by atoms with Gasteiger partial charge in [0.1, 0.15) is 0 Å². The molecule has 3 fully saturated rings. The number of hydrogen-bond acceptors (Lipinski definition) is 4. The van der Waals surface area contributed by atoms with E-state index >= 15 is 0 Å². The summed E-state index contributed by atoms with van der Waals surface area (Å²) in [6.45, 7) is 3.68. The standard InChI is InChI=1S/C13H24N2O2/c1-15-4-5-16-13(8-15)9-17-12-6-10-2-3-11(7-12)14-10/h10-14H,2-9H2,1H3. The Morgan fingerprint density at radius 1 is 1.29 bits per heavy atom. The molecule has 0 radical (unpaired) electrons.